The molecule has 1 unspecified atom stereocenters. The Morgan fingerprint density at radius 3 is 2.68 bits per heavy atom. The molecule has 0 saturated heterocycles. The van der Waals surface area contributed by atoms with Crippen molar-refractivity contribution in [3.8, 4) is 11.5 Å². The van der Waals surface area contributed by atoms with Gasteiger partial charge in [-0.3, -0.25) is 0 Å². The van der Waals surface area contributed by atoms with Crippen LogP contribution in [-0.2, 0) is 9.53 Å². The van der Waals surface area contributed by atoms with Gasteiger partial charge in [-0.25, -0.2) is 9.18 Å². The first kappa shape index (κ1) is 18.0. The SMILES string of the molecule is CCOC(=O)C=C(C)COc1ccc(OC(C)CC)cc1F. The van der Waals surface area contributed by atoms with Gasteiger partial charge in [0.25, 0.3) is 0 Å². The first-order valence-corrected chi connectivity index (χ1v) is 7.39. The Bertz CT molecular complexity index is 525. The van der Waals surface area contributed by atoms with E-state index in [-0.39, 0.29) is 18.5 Å². The molecule has 1 atom stereocenters. The molecule has 122 valence electrons. The second-order valence-electron chi connectivity index (χ2n) is 4.96. The molecule has 0 fully saturated rings. The molecular formula is C17H23FO4. The number of carbonyl (C=O) groups is 1. The Labute approximate surface area is 130 Å². The summed E-state index contributed by atoms with van der Waals surface area (Å²) in [6, 6.07) is 4.48. The lowest BCUT2D eigenvalue weighted by molar-refractivity contribution is -0.137. The molecule has 0 heterocycles. The lowest BCUT2D eigenvalue weighted by Crippen LogP contribution is -2.10. The van der Waals surface area contributed by atoms with Crippen molar-refractivity contribution in [1.29, 1.82) is 0 Å². The number of halogens is 1. The van der Waals surface area contributed by atoms with E-state index in [1.807, 2.05) is 13.8 Å². The quantitative estimate of drug-likeness (QED) is 0.540. The van der Waals surface area contributed by atoms with Gasteiger partial charge in [0.15, 0.2) is 11.6 Å². The van der Waals surface area contributed by atoms with Crippen molar-refractivity contribution in [2.75, 3.05) is 13.2 Å². The van der Waals surface area contributed by atoms with Crippen LogP contribution in [0.5, 0.6) is 11.5 Å². The summed E-state index contributed by atoms with van der Waals surface area (Å²) in [4.78, 5) is 11.3. The highest BCUT2D eigenvalue weighted by molar-refractivity contribution is 5.82. The number of carbonyl (C=O) groups excluding carboxylic acids is 1. The average Bonchev–Trinajstić information content (AvgIpc) is 2.46. The second-order valence-corrected chi connectivity index (χ2v) is 4.96. The zero-order valence-electron chi connectivity index (χ0n) is 13.5. The topological polar surface area (TPSA) is 44.8 Å². The fourth-order valence-electron chi connectivity index (χ4n) is 1.61. The van der Waals surface area contributed by atoms with Crippen LogP contribution in [0.15, 0.2) is 29.8 Å². The minimum absolute atomic E-state index is 0.0286. The third-order valence-corrected chi connectivity index (χ3v) is 2.92. The molecule has 0 N–H and O–H groups in total. The van der Waals surface area contributed by atoms with E-state index < -0.39 is 11.8 Å². The largest absolute Gasteiger partial charge is 0.491 e. The fourth-order valence-corrected chi connectivity index (χ4v) is 1.61. The molecule has 0 aliphatic carbocycles. The van der Waals surface area contributed by atoms with Crippen LogP contribution in [0.2, 0.25) is 0 Å². The molecule has 0 aromatic heterocycles. The average molecular weight is 310 g/mol. The molecule has 0 radical (unpaired) electrons. The zero-order chi connectivity index (χ0) is 16.5. The predicted molar refractivity (Wildman–Crippen MR) is 82.7 cm³/mol. The minimum atomic E-state index is -0.496. The van der Waals surface area contributed by atoms with Crippen molar-refractivity contribution in [3.05, 3.63) is 35.7 Å². The monoisotopic (exact) mass is 310 g/mol. The molecule has 4 nitrogen and oxygen atoms in total. The number of rotatable bonds is 8. The van der Waals surface area contributed by atoms with Gasteiger partial charge < -0.3 is 14.2 Å². The first-order valence-electron chi connectivity index (χ1n) is 7.39. The van der Waals surface area contributed by atoms with Crippen LogP contribution in [-0.4, -0.2) is 25.3 Å². The molecule has 0 saturated carbocycles. The molecule has 5 heteroatoms. The van der Waals surface area contributed by atoms with Gasteiger partial charge in [-0.05, 0) is 44.9 Å². The molecule has 22 heavy (non-hydrogen) atoms. The lowest BCUT2D eigenvalue weighted by atomic mass is 10.2. The number of ether oxygens (including phenoxy) is 3. The third kappa shape index (κ3) is 6.16. The number of benzene rings is 1. The van der Waals surface area contributed by atoms with E-state index in [1.54, 1.807) is 19.9 Å². The number of hydrogen-bond donors (Lipinski definition) is 0. The Kier molecular flexibility index (Phi) is 7.43. The first-order chi connectivity index (χ1) is 10.5. The van der Waals surface area contributed by atoms with Gasteiger partial charge in [0.2, 0.25) is 0 Å². The predicted octanol–water partition coefficient (Wildman–Crippen LogP) is 3.89. The molecule has 0 aliphatic rings. The van der Waals surface area contributed by atoms with Crippen LogP contribution >= 0.6 is 0 Å². The molecule has 1 rings (SSSR count). The van der Waals surface area contributed by atoms with E-state index in [9.17, 15) is 9.18 Å². The van der Waals surface area contributed by atoms with Gasteiger partial charge in [-0.2, -0.15) is 0 Å². The molecule has 0 aliphatic heterocycles. The van der Waals surface area contributed by atoms with Gasteiger partial charge in [-0.15, -0.1) is 0 Å². The van der Waals surface area contributed by atoms with E-state index in [1.165, 1.54) is 18.2 Å². The van der Waals surface area contributed by atoms with Gasteiger partial charge in [0, 0.05) is 12.1 Å². The lowest BCUT2D eigenvalue weighted by Gasteiger charge is -2.14. The summed E-state index contributed by atoms with van der Waals surface area (Å²) in [7, 11) is 0. The highest BCUT2D eigenvalue weighted by Gasteiger charge is 2.08. The summed E-state index contributed by atoms with van der Waals surface area (Å²) in [5.41, 5.74) is 0.651. The Morgan fingerprint density at radius 1 is 1.36 bits per heavy atom. The van der Waals surface area contributed by atoms with Crippen molar-refractivity contribution in [3.63, 3.8) is 0 Å². The summed E-state index contributed by atoms with van der Waals surface area (Å²) in [5.74, 6) is -0.336. The van der Waals surface area contributed by atoms with Crippen LogP contribution in [0.1, 0.15) is 34.1 Å². The van der Waals surface area contributed by atoms with Crippen LogP contribution in [0.25, 0.3) is 0 Å². The summed E-state index contributed by atoms with van der Waals surface area (Å²) in [6.07, 6.45) is 2.21. The van der Waals surface area contributed by atoms with Gasteiger partial charge in [0.1, 0.15) is 12.4 Å². The summed E-state index contributed by atoms with van der Waals surface area (Å²) in [5, 5.41) is 0. The van der Waals surface area contributed by atoms with Crippen LogP contribution in [0, 0.1) is 5.82 Å². The minimum Gasteiger partial charge on any atom is -0.491 e. The van der Waals surface area contributed by atoms with Crippen molar-refractivity contribution in [2.45, 2.75) is 40.2 Å². The van der Waals surface area contributed by atoms with Gasteiger partial charge >= 0.3 is 5.97 Å². The van der Waals surface area contributed by atoms with E-state index in [4.69, 9.17) is 14.2 Å². The van der Waals surface area contributed by atoms with Crippen LogP contribution < -0.4 is 9.47 Å². The van der Waals surface area contributed by atoms with E-state index >= 15 is 0 Å². The van der Waals surface area contributed by atoms with Crippen molar-refractivity contribution >= 4 is 5.97 Å². The molecule has 1 aromatic rings. The fraction of sp³-hybridized carbons (Fsp3) is 0.471. The van der Waals surface area contributed by atoms with E-state index in [0.717, 1.165) is 6.42 Å². The third-order valence-electron chi connectivity index (χ3n) is 2.92. The molecule has 0 amide bonds. The molecule has 1 aromatic carbocycles. The summed E-state index contributed by atoms with van der Waals surface area (Å²) in [6.45, 7) is 7.80. The zero-order valence-corrected chi connectivity index (χ0v) is 13.5. The molecular weight excluding hydrogens is 287 g/mol. The van der Waals surface area contributed by atoms with E-state index in [0.29, 0.717) is 17.9 Å². The van der Waals surface area contributed by atoms with Crippen molar-refractivity contribution in [1.82, 2.24) is 0 Å². The number of esters is 1. The second kappa shape index (κ2) is 9.07. The van der Waals surface area contributed by atoms with Crippen molar-refractivity contribution in [2.24, 2.45) is 0 Å². The maximum Gasteiger partial charge on any atom is 0.330 e. The van der Waals surface area contributed by atoms with E-state index in [2.05, 4.69) is 0 Å². The smallest absolute Gasteiger partial charge is 0.330 e. The normalized spacial score (nSPS) is 12.7. The van der Waals surface area contributed by atoms with Crippen LogP contribution in [0.3, 0.4) is 0 Å². The highest BCUT2D eigenvalue weighted by atomic mass is 19.1. The standard InChI is InChI=1S/C17H23FO4/c1-5-13(4)22-14-7-8-16(15(18)10-14)21-11-12(3)9-17(19)20-6-2/h7-10,13H,5-6,11H2,1-4H3. The molecule has 0 bridgehead atoms. The molecule has 0 spiro atoms. The van der Waals surface area contributed by atoms with Crippen molar-refractivity contribution < 1.29 is 23.4 Å². The van der Waals surface area contributed by atoms with Crippen LogP contribution in [0.4, 0.5) is 4.39 Å². The summed E-state index contributed by atoms with van der Waals surface area (Å²) < 4.78 is 29.6. The maximum atomic E-state index is 13.9. The maximum absolute atomic E-state index is 13.9. The van der Waals surface area contributed by atoms with Gasteiger partial charge in [-0.1, -0.05) is 6.92 Å². The Hall–Kier alpha value is -2.04. The Balaban J connectivity index is 2.61. The number of hydrogen-bond acceptors (Lipinski definition) is 4. The highest BCUT2D eigenvalue weighted by Crippen LogP contribution is 2.24. The van der Waals surface area contributed by atoms with Gasteiger partial charge in [0.05, 0.1) is 12.7 Å². The Morgan fingerprint density at radius 2 is 2.09 bits per heavy atom. The summed E-state index contributed by atoms with van der Waals surface area (Å²) >= 11 is 0.